The van der Waals surface area contributed by atoms with Gasteiger partial charge in [0.15, 0.2) is 0 Å². The summed E-state index contributed by atoms with van der Waals surface area (Å²) in [6.07, 6.45) is 5.97. The van der Waals surface area contributed by atoms with E-state index in [-0.39, 0.29) is 0 Å². The highest BCUT2D eigenvalue weighted by molar-refractivity contribution is 8.00. The molecule has 2 rings (SSSR count). The fourth-order valence-electron chi connectivity index (χ4n) is 1.73. The van der Waals surface area contributed by atoms with E-state index >= 15 is 0 Å². The van der Waals surface area contributed by atoms with Gasteiger partial charge < -0.3 is 10.6 Å². The van der Waals surface area contributed by atoms with Crippen molar-refractivity contribution in [3.8, 4) is 0 Å². The molecule has 3 nitrogen and oxygen atoms in total. The Bertz CT molecular complexity index is 363. The lowest BCUT2D eigenvalue weighted by Gasteiger charge is -2.14. The third kappa shape index (κ3) is 3.53. The molecule has 1 saturated carbocycles. The van der Waals surface area contributed by atoms with Crippen molar-refractivity contribution in [2.45, 2.75) is 30.9 Å². The van der Waals surface area contributed by atoms with Gasteiger partial charge in [0.25, 0.3) is 0 Å². The van der Waals surface area contributed by atoms with Gasteiger partial charge in [-0.25, -0.2) is 4.98 Å². The third-order valence-electron chi connectivity index (χ3n) is 3.14. The lowest BCUT2D eigenvalue weighted by molar-refractivity contribution is 0.936. The van der Waals surface area contributed by atoms with Gasteiger partial charge in [-0.3, -0.25) is 0 Å². The maximum absolute atomic E-state index is 4.54. The lowest BCUT2D eigenvalue weighted by atomic mass is 10.3. The van der Waals surface area contributed by atoms with Crippen LogP contribution >= 0.6 is 11.8 Å². The first kappa shape index (κ1) is 12.6. The van der Waals surface area contributed by atoms with Crippen LogP contribution in [-0.4, -0.2) is 29.1 Å². The molecule has 0 unspecified atom stereocenters. The van der Waals surface area contributed by atoms with Crippen LogP contribution in [0.25, 0.3) is 0 Å². The Kier molecular flexibility index (Phi) is 4.15. The van der Waals surface area contributed by atoms with E-state index in [0.717, 1.165) is 31.1 Å². The number of hydrogen-bond donors (Lipinski definition) is 2. The van der Waals surface area contributed by atoms with Gasteiger partial charge in [0, 0.05) is 17.8 Å². The average Bonchev–Trinajstić information content (AvgIpc) is 3.15. The summed E-state index contributed by atoms with van der Waals surface area (Å²) < 4.78 is 0.481. The molecule has 4 heteroatoms. The molecule has 0 radical (unpaired) electrons. The van der Waals surface area contributed by atoms with Crippen LogP contribution in [0.15, 0.2) is 18.2 Å². The second-order valence-electron chi connectivity index (χ2n) is 4.58. The van der Waals surface area contributed by atoms with Crippen molar-refractivity contribution in [3.63, 3.8) is 0 Å². The van der Waals surface area contributed by atoms with E-state index in [1.807, 2.05) is 30.0 Å². The molecule has 0 aliphatic heterocycles. The number of hydrogen-bond acceptors (Lipinski definition) is 4. The van der Waals surface area contributed by atoms with Crippen LogP contribution in [0.4, 0.5) is 11.6 Å². The predicted octanol–water partition coefficient (Wildman–Crippen LogP) is 3.21. The van der Waals surface area contributed by atoms with Crippen LogP contribution < -0.4 is 10.6 Å². The van der Waals surface area contributed by atoms with Gasteiger partial charge >= 0.3 is 0 Å². The summed E-state index contributed by atoms with van der Waals surface area (Å²) in [4.78, 5) is 4.54. The molecule has 0 bridgehead atoms. The minimum absolute atomic E-state index is 0.481. The topological polar surface area (TPSA) is 37.0 Å². The normalized spacial score (nSPS) is 16.6. The average molecular weight is 251 g/mol. The van der Waals surface area contributed by atoms with E-state index in [4.69, 9.17) is 0 Å². The number of thioether (sulfide) groups is 1. The van der Waals surface area contributed by atoms with Crippen LogP contribution in [0, 0.1) is 0 Å². The zero-order chi connectivity index (χ0) is 12.1. The smallest absolute Gasteiger partial charge is 0.128 e. The summed E-state index contributed by atoms with van der Waals surface area (Å²) in [5.74, 6) is 1.94. The highest BCUT2D eigenvalue weighted by Crippen LogP contribution is 2.46. The standard InChI is InChI=1S/C13H21N3S/c1-3-9-14-11-5-4-6-12(16-11)15-10-13(17-2)7-8-13/h4-6H,3,7-10H2,1-2H3,(H2,14,15,16). The van der Waals surface area contributed by atoms with Crippen molar-refractivity contribution in [2.24, 2.45) is 0 Å². The summed E-state index contributed by atoms with van der Waals surface area (Å²) in [5, 5.41) is 6.75. The molecule has 0 saturated heterocycles. The van der Waals surface area contributed by atoms with E-state index in [1.54, 1.807) is 0 Å². The summed E-state index contributed by atoms with van der Waals surface area (Å²) in [6.45, 7) is 4.16. The van der Waals surface area contributed by atoms with E-state index in [2.05, 4.69) is 28.8 Å². The van der Waals surface area contributed by atoms with Crippen LogP contribution in [0.2, 0.25) is 0 Å². The quantitative estimate of drug-likeness (QED) is 0.780. The van der Waals surface area contributed by atoms with Gasteiger partial charge in [0.2, 0.25) is 0 Å². The third-order valence-corrected chi connectivity index (χ3v) is 4.56. The lowest BCUT2D eigenvalue weighted by Crippen LogP contribution is -2.18. The maximum Gasteiger partial charge on any atom is 0.128 e. The molecule has 1 aliphatic rings. The van der Waals surface area contributed by atoms with Gasteiger partial charge in [-0.1, -0.05) is 13.0 Å². The first-order chi connectivity index (χ1) is 8.28. The zero-order valence-corrected chi connectivity index (χ0v) is 11.4. The molecule has 1 aromatic heterocycles. The van der Waals surface area contributed by atoms with Crippen molar-refractivity contribution in [2.75, 3.05) is 30.0 Å². The second-order valence-corrected chi connectivity index (χ2v) is 5.85. The van der Waals surface area contributed by atoms with E-state index in [0.29, 0.717) is 4.75 Å². The first-order valence-corrected chi connectivity index (χ1v) is 7.50. The van der Waals surface area contributed by atoms with Crippen molar-refractivity contribution >= 4 is 23.4 Å². The Labute approximate surface area is 108 Å². The molecule has 0 amide bonds. The Morgan fingerprint density at radius 2 is 2.00 bits per heavy atom. The molecular formula is C13H21N3S. The Morgan fingerprint density at radius 1 is 1.29 bits per heavy atom. The second kappa shape index (κ2) is 5.63. The number of nitrogens with one attached hydrogen (secondary N) is 2. The first-order valence-electron chi connectivity index (χ1n) is 6.28. The van der Waals surface area contributed by atoms with Crippen molar-refractivity contribution in [1.82, 2.24) is 4.98 Å². The van der Waals surface area contributed by atoms with Crippen molar-refractivity contribution in [3.05, 3.63) is 18.2 Å². The Balaban J connectivity index is 1.87. The molecule has 0 spiro atoms. The Morgan fingerprint density at radius 3 is 2.59 bits per heavy atom. The minimum Gasteiger partial charge on any atom is -0.370 e. The number of nitrogens with zero attached hydrogens (tertiary/aromatic N) is 1. The molecule has 2 N–H and O–H groups in total. The number of anilines is 2. The van der Waals surface area contributed by atoms with E-state index in [1.165, 1.54) is 12.8 Å². The molecule has 1 fully saturated rings. The predicted molar refractivity (Wildman–Crippen MR) is 77.0 cm³/mol. The van der Waals surface area contributed by atoms with Crippen LogP contribution in [0.3, 0.4) is 0 Å². The monoisotopic (exact) mass is 251 g/mol. The number of aromatic nitrogens is 1. The summed E-state index contributed by atoms with van der Waals surface area (Å²) in [6, 6.07) is 6.10. The van der Waals surface area contributed by atoms with E-state index < -0.39 is 0 Å². The van der Waals surface area contributed by atoms with Gasteiger partial charge in [-0.15, -0.1) is 0 Å². The fourth-order valence-corrected chi connectivity index (χ4v) is 2.46. The molecule has 17 heavy (non-hydrogen) atoms. The van der Waals surface area contributed by atoms with Gasteiger partial charge in [-0.05, 0) is 37.7 Å². The SMILES string of the molecule is CCCNc1cccc(NCC2(SC)CC2)n1. The van der Waals surface area contributed by atoms with Gasteiger partial charge in [0.1, 0.15) is 11.6 Å². The van der Waals surface area contributed by atoms with Crippen LogP contribution in [-0.2, 0) is 0 Å². The summed E-state index contributed by atoms with van der Waals surface area (Å²) >= 11 is 1.97. The minimum atomic E-state index is 0.481. The van der Waals surface area contributed by atoms with E-state index in [9.17, 15) is 0 Å². The van der Waals surface area contributed by atoms with Crippen molar-refractivity contribution in [1.29, 1.82) is 0 Å². The highest BCUT2D eigenvalue weighted by atomic mass is 32.2. The van der Waals surface area contributed by atoms with Crippen molar-refractivity contribution < 1.29 is 0 Å². The molecule has 1 heterocycles. The highest BCUT2D eigenvalue weighted by Gasteiger charge is 2.41. The number of pyridine rings is 1. The Hall–Kier alpha value is -0.900. The fraction of sp³-hybridized carbons (Fsp3) is 0.615. The molecule has 0 aromatic carbocycles. The van der Waals surface area contributed by atoms with Crippen LogP contribution in [0.5, 0.6) is 0 Å². The maximum atomic E-state index is 4.54. The molecule has 0 atom stereocenters. The molecular weight excluding hydrogens is 230 g/mol. The number of rotatable bonds is 7. The molecule has 1 aliphatic carbocycles. The molecule has 94 valence electrons. The summed E-state index contributed by atoms with van der Waals surface area (Å²) in [5.41, 5.74) is 0. The largest absolute Gasteiger partial charge is 0.370 e. The molecule has 1 aromatic rings. The van der Waals surface area contributed by atoms with Crippen LogP contribution in [0.1, 0.15) is 26.2 Å². The zero-order valence-electron chi connectivity index (χ0n) is 10.6. The van der Waals surface area contributed by atoms with Gasteiger partial charge in [-0.2, -0.15) is 11.8 Å². The van der Waals surface area contributed by atoms with Gasteiger partial charge in [0.05, 0.1) is 0 Å². The summed E-state index contributed by atoms with van der Waals surface area (Å²) in [7, 11) is 0.